The summed E-state index contributed by atoms with van der Waals surface area (Å²) >= 11 is 0. The Labute approximate surface area is 148 Å². The fraction of sp³-hybridized carbons (Fsp3) is 0.588. The number of esters is 1. The zero-order valence-corrected chi connectivity index (χ0v) is 15.7. The number of rotatable bonds is 7. The number of carbonyl (C=O) groups is 1. The van der Waals surface area contributed by atoms with Gasteiger partial charge in [-0.25, -0.2) is 13.2 Å². The minimum absolute atomic E-state index is 0.0385. The second-order valence-electron chi connectivity index (χ2n) is 5.62. The van der Waals surface area contributed by atoms with E-state index < -0.39 is 16.0 Å². The zero-order valence-electron chi connectivity index (χ0n) is 14.9. The Balaban J connectivity index is 2.55. The van der Waals surface area contributed by atoms with Gasteiger partial charge in [-0.1, -0.05) is 6.42 Å². The summed E-state index contributed by atoms with van der Waals surface area (Å²) in [6, 6.07) is 2.73. The average molecular weight is 371 g/mol. The van der Waals surface area contributed by atoms with E-state index in [-0.39, 0.29) is 28.6 Å². The second-order valence-corrected chi connectivity index (χ2v) is 7.52. The van der Waals surface area contributed by atoms with Gasteiger partial charge in [0.2, 0.25) is 10.0 Å². The van der Waals surface area contributed by atoms with Crippen LogP contribution in [0.1, 0.15) is 43.5 Å². The average Bonchev–Trinajstić information content (AvgIpc) is 2.62. The molecule has 0 N–H and O–H groups in total. The Hall–Kier alpha value is -1.80. The highest BCUT2D eigenvalue weighted by Crippen LogP contribution is 2.35. The molecule has 7 nitrogen and oxygen atoms in total. The van der Waals surface area contributed by atoms with E-state index in [0.29, 0.717) is 19.7 Å². The molecule has 0 unspecified atom stereocenters. The van der Waals surface area contributed by atoms with Crippen molar-refractivity contribution in [2.75, 3.05) is 33.4 Å². The molecule has 0 aromatic heterocycles. The number of sulfonamides is 1. The molecule has 0 amide bonds. The first-order valence-corrected chi connectivity index (χ1v) is 9.91. The molecule has 140 valence electrons. The van der Waals surface area contributed by atoms with Crippen LogP contribution >= 0.6 is 0 Å². The predicted molar refractivity (Wildman–Crippen MR) is 92.7 cm³/mol. The van der Waals surface area contributed by atoms with Crippen molar-refractivity contribution < 1.29 is 27.4 Å². The van der Waals surface area contributed by atoms with Gasteiger partial charge in [0.15, 0.2) is 0 Å². The van der Waals surface area contributed by atoms with Crippen molar-refractivity contribution in [3.63, 3.8) is 0 Å². The quantitative estimate of drug-likeness (QED) is 0.685. The highest BCUT2D eigenvalue weighted by Gasteiger charge is 2.31. The number of benzene rings is 1. The first kappa shape index (κ1) is 19.5. The SMILES string of the molecule is CCOC(=O)c1cc(S(=O)(=O)N2CCCCC2)c(OC)cc1OCC. The van der Waals surface area contributed by atoms with Crippen LogP contribution in [0.25, 0.3) is 0 Å². The van der Waals surface area contributed by atoms with Crippen LogP contribution in [0.2, 0.25) is 0 Å². The molecule has 25 heavy (non-hydrogen) atoms. The number of hydrogen-bond donors (Lipinski definition) is 0. The second kappa shape index (κ2) is 8.53. The molecule has 8 heteroatoms. The van der Waals surface area contributed by atoms with Gasteiger partial charge in [-0.3, -0.25) is 0 Å². The van der Waals surface area contributed by atoms with Crippen molar-refractivity contribution in [2.24, 2.45) is 0 Å². The summed E-state index contributed by atoms with van der Waals surface area (Å²) < 4.78 is 43.2. The van der Waals surface area contributed by atoms with Gasteiger partial charge < -0.3 is 14.2 Å². The lowest BCUT2D eigenvalue weighted by Crippen LogP contribution is -2.35. The first-order valence-electron chi connectivity index (χ1n) is 8.47. The predicted octanol–water partition coefficient (Wildman–Crippen LogP) is 2.45. The van der Waals surface area contributed by atoms with Crippen molar-refractivity contribution in [3.8, 4) is 11.5 Å². The fourth-order valence-corrected chi connectivity index (χ4v) is 4.47. The van der Waals surface area contributed by atoms with Gasteiger partial charge in [0, 0.05) is 19.2 Å². The van der Waals surface area contributed by atoms with E-state index >= 15 is 0 Å². The molecule has 1 aliphatic rings. The molecular weight excluding hydrogens is 346 g/mol. The van der Waals surface area contributed by atoms with Gasteiger partial charge in [0.25, 0.3) is 0 Å². The molecular formula is C17H25NO6S. The Morgan fingerprint density at radius 3 is 2.32 bits per heavy atom. The maximum Gasteiger partial charge on any atom is 0.341 e. The molecule has 0 radical (unpaired) electrons. The zero-order chi connectivity index (χ0) is 18.4. The fourth-order valence-electron chi connectivity index (χ4n) is 2.79. The van der Waals surface area contributed by atoms with Crippen LogP contribution in [-0.2, 0) is 14.8 Å². The maximum atomic E-state index is 13.0. The largest absolute Gasteiger partial charge is 0.495 e. The smallest absolute Gasteiger partial charge is 0.341 e. The number of piperidine rings is 1. The van der Waals surface area contributed by atoms with E-state index in [1.54, 1.807) is 13.8 Å². The minimum atomic E-state index is -3.76. The van der Waals surface area contributed by atoms with Crippen LogP contribution in [0.3, 0.4) is 0 Å². The lowest BCUT2D eigenvalue weighted by molar-refractivity contribution is 0.0521. The molecule has 1 aliphatic heterocycles. The number of hydrogen-bond acceptors (Lipinski definition) is 6. The normalized spacial score (nSPS) is 15.6. The monoisotopic (exact) mass is 371 g/mol. The van der Waals surface area contributed by atoms with Crippen molar-refractivity contribution in [3.05, 3.63) is 17.7 Å². The summed E-state index contributed by atoms with van der Waals surface area (Å²) in [5.74, 6) is -0.221. The topological polar surface area (TPSA) is 82.1 Å². The maximum absolute atomic E-state index is 13.0. The van der Waals surface area contributed by atoms with Crippen LogP contribution < -0.4 is 9.47 Å². The summed E-state index contributed by atoms with van der Waals surface area (Å²) in [7, 11) is -2.37. The summed E-state index contributed by atoms with van der Waals surface area (Å²) in [4.78, 5) is 12.2. The number of carbonyl (C=O) groups excluding carboxylic acids is 1. The van der Waals surface area contributed by atoms with E-state index in [4.69, 9.17) is 14.2 Å². The minimum Gasteiger partial charge on any atom is -0.495 e. The third kappa shape index (κ3) is 4.24. The van der Waals surface area contributed by atoms with Crippen LogP contribution in [0.4, 0.5) is 0 Å². The van der Waals surface area contributed by atoms with Gasteiger partial charge in [0.05, 0.1) is 20.3 Å². The summed E-state index contributed by atoms with van der Waals surface area (Å²) in [6.07, 6.45) is 2.66. The molecule has 0 bridgehead atoms. The molecule has 1 fully saturated rings. The van der Waals surface area contributed by atoms with Crippen molar-refractivity contribution in [2.45, 2.75) is 38.0 Å². The van der Waals surface area contributed by atoms with Gasteiger partial charge >= 0.3 is 5.97 Å². The molecule has 0 saturated carbocycles. The standard InChI is InChI=1S/C17H25NO6S/c1-4-23-14-12-15(22-3)16(11-13(14)17(19)24-5-2)25(20,21)18-9-7-6-8-10-18/h11-12H,4-10H2,1-3H3. The van der Waals surface area contributed by atoms with E-state index in [0.717, 1.165) is 19.3 Å². The van der Waals surface area contributed by atoms with Crippen LogP contribution in [-0.4, -0.2) is 52.1 Å². The van der Waals surface area contributed by atoms with Crippen LogP contribution in [0.5, 0.6) is 11.5 Å². The van der Waals surface area contributed by atoms with E-state index in [9.17, 15) is 13.2 Å². The number of nitrogens with zero attached hydrogens (tertiary/aromatic N) is 1. The Morgan fingerprint density at radius 1 is 1.08 bits per heavy atom. The van der Waals surface area contributed by atoms with Crippen LogP contribution in [0, 0.1) is 0 Å². The summed E-state index contributed by atoms with van der Waals surface area (Å²) in [5.41, 5.74) is 0.0834. The Kier molecular flexibility index (Phi) is 6.66. The highest BCUT2D eigenvalue weighted by molar-refractivity contribution is 7.89. The molecule has 1 aromatic carbocycles. The molecule has 2 rings (SSSR count). The number of methoxy groups -OCH3 is 1. The Morgan fingerprint density at radius 2 is 1.76 bits per heavy atom. The lowest BCUT2D eigenvalue weighted by Gasteiger charge is -2.27. The molecule has 1 saturated heterocycles. The van der Waals surface area contributed by atoms with Gasteiger partial charge in [-0.05, 0) is 32.8 Å². The molecule has 0 aliphatic carbocycles. The van der Waals surface area contributed by atoms with Gasteiger partial charge in [-0.15, -0.1) is 0 Å². The summed E-state index contributed by atoms with van der Waals surface area (Å²) in [6.45, 7) is 4.91. The van der Waals surface area contributed by atoms with Crippen LogP contribution in [0.15, 0.2) is 17.0 Å². The lowest BCUT2D eigenvalue weighted by atomic mass is 10.2. The Bertz CT molecular complexity index is 710. The third-order valence-corrected chi connectivity index (χ3v) is 5.91. The molecule has 0 spiro atoms. The van der Waals surface area contributed by atoms with Crippen molar-refractivity contribution in [1.82, 2.24) is 4.31 Å². The molecule has 1 heterocycles. The first-order chi connectivity index (χ1) is 12.0. The third-order valence-electron chi connectivity index (χ3n) is 3.99. The van der Waals surface area contributed by atoms with Gasteiger partial charge in [-0.2, -0.15) is 4.31 Å². The van der Waals surface area contributed by atoms with E-state index in [2.05, 4.69) is 0 Å². The molecule has 0 atom stereocenters. The molecule has 1 aromatic rings. The summed E-state index contributed by atoms with van der Waals surface area (Å²) in [5, 5.41) is 0. The highest BCUT2D eigenvalue weighted by atomic mass is 32.2. The van der Waals surface area contributed by atoms with E-state index in [1.165, 1.54) is 23.5 Å². The van der Waals surface area contributed by atoms with Crippen molar-refractivity contribution >= 4 is 16.0 Å². The number of ether oxygens (including phenoxy) is 3. The van der Waals surface area contributed by atoms with E-state index in [1.807, 2.05) is 0 Å². The van der Waals surface area contributed by atoms with Gasteiger partial charge in [0.1, 0.15) is 22.0 Å². The van der Waals surface area contributed by atoms with Crippen molar-refractivity contribution in [1.29, 1.82) is 0 Å².